The van der Waals surface area contributed by atoms with Gasteiger partial charge in [-0.1, -0.05) is 18.2 Å². The summed E-state index contributed by atoms with van der Waals surface area (Å²) in [5, 5.41) is 4.54. The van der Waals surface area contributed by atoms with E-state index in [-0.39, 0.29) is 11.3 Å². The summed E-state index contributed by atoms with van der Waals surface area (Å²) >= 11 is 1.55. The summed E-state index contributed by atoms with van der Waals surface area (Å²) in [6.45, 7) is 3.52. The zero-order valence-electron chi connectivity index (χ0n) is 18.9. The van der Waals surface area contributed by atoms with E-state index in [4.69, 9.17) is 9.98 Å². The maximum atomic E-state index is 11.8. The molecule has 7 rings (SSSR count). The number of nitrogens with one attached hydrogen (secondary N) is 2. The minimum Gasteiger partial charge on any atom is -0.353 e. The van der Waals surface area contributed by atoms with Crippen LogP contribution in [0.15, 0.2) is 59.7 Å². The van der Waals surface area contributed by atoms with Crippen molar-refractivity contribution in [2.24, 2.45) is 4.99 Å². The lowest BCUT2D eigenvalue weighted by Gasteiger charge is -2.15. The lowest BCUT2D eigenvalue weighted by molar-refractivity contribution is 0.102. The van der Waals surface area contributed by atoms with Crippen LogP contribution in [0, 0.1) is 0 Å². The number of aromatic nitrogens is 2. The number of nitrogens with zero attached hydrogens (tertiary/aromatic N) is 2. The van der Waals surface area contributed by atoms with Crippen LogP contribution in [-0.4, -0.2) is 34.6 Å². The molecule has 0 amide bonds. The average Bonchev–Trinajstić information content (AvgIpc) is 3.20. The van der Waals surface area contributed by atoms with Crippen LogP contribution in [0.5, 0.6) is 0 Å². The van der Waals surface area contributed by atoms with Crippen molar-refractivity contribution in [3.8, 4) is 10.4 Å². The van der Waals surface area contributed by atoms with Gasteiger partial charge in [-0.2, -0.15) is 0 Å². The van der Waals surface area contributed by atoms with Gasteiger partial charge in [0.15, 0.2) is 5.78 Å². The summed E-state index contributed by atoms with van der Waals surface area (Å²) < 4.78 is 0. The SMILES string of the molecule is CC(=O)c1ccc(-c2cccc3[nH]c(C4=NC5(CC5)c5cnc(C6=CCNCC6)cc54)cc23)s1. The fourth-order valence-corrected chi connectivity index (χ4v) is 6.20. The fourth-order valence-electron chi connectivity index (χ4n) is 5.26. The molecule has 1 spiro atoms. The van der Waals surface area contributed by atoms with Crippen LogP contribution in [0.1, 0.15) is 58.4 Å². The maximum Gasteiger partial charge on any atom is 0.169 e. The van der Waals surface area contributed by atoms with Crippen LogP contribution in [-0.2, 0) is 5.54 Å². The van der Waals surface area contributed by atoms with E-state index >= 15 is 0 Å². The molecule has 4 aromatic rings. The zero-order chi connectivity index (χ0) is 22.9. The molecule has 1 saturated carbocycles. The highest BCUT2D eigenvalue weighted by Crippen LogP contribution is 2.55. The summed E-state index contributed by atoms with van der Waals surface area (Å²) in [5.41, 5.74) is 9.11. The molecule has 6 heteroatoms. The van der Waals surface area contributed by atoms with Crippen LogP contribution in [0.4, 0.5) is 0 Å². The van der Waals surface area contributed by atoms with Gasteiger partial charge in [0.25, 0.3) is 0 Å². The number of aromatic amines is 1. The summed E-state index contributed by atoms with van der Waals surface area (Å²) in [6.07, 6.45) is 7.50. The quantitative estimate of drug-likeness (QED) is 0.380. The van der Waals surface area contributed by atoms with Crippen LogP contribution < -0.4 is 5.32 Å². The van der Waals surface area contributed by atoms with Gasteiger partial charge in [0.1, 0.15) is 0 Å². The molecule has 3 aliphatic rings. The molecule has 0 atom stereocenters. The van der Waals surface area contributed by atoms with Crippen molar-refractivity contribution in [3.05, 3.63) is 82.1 Å². The fraction of sp³-hybridized carbons (Fsp3) is 0.250. The van der Waals surface area contributed by atoms with Crippen molar-refractivity contribution < 1.29 is 4.79 Å². The Hall–Kier alpha value is -3.35. The summed E-state index contributed by atoms with van der Waals surface area (Å²) in [5.74, 6) is 0.109. The first-order valence-electron chi connectivity index (χ1n) is 11.9. The molecule has 2 N–H and O–H groups in total. The Bertz CT molecular complexity index is 1550. The molecule has 0 bridgehead atoms. The molecular formula is C28H24N4OS. The third kappa shape index (κ3) is 3.06. The Morgan fingerprint density at radius 3 is 2.79 bits per heavy atom. The Morgan fingerprint density at radius 2 is 2.03 bits per heavy atom. The molecule has 168 valence electrons. The van der Waals surface area contributed by atoms with E-state index in [1.165, 1.54) is 16.7 Å². The largest absolute Gasteiger partial charge is 0.353 e. The van der Waals surface area contributed by atoms with Gasteiger partial charge in [-0.25, -0.2) is 0 Å². The van der Waals surface area contributed by atoms with Crippen molar-refractivity contribution in [1.29, 1.82) is 0 Å². The van der Waals surface area contributed by atoms with Gasteiger partial charge in [-0.3, -0.25) is 14.8 Å². The predicted molar refractivity (Wildman–Crippen MR) is 138 cm³/mol. The van der Waals surface area contributed by atoms with E-state index in [2.05, 4.69) is 59.0 Å². The van der Waals surface area contributed by atoms with Crippen LogP contribution >= 0.6 is 11.3 Å². The third-order valence-electron chi connectivity index (χ3n) is 7.24. The normalized spacial score (nSPS) is 18.1. The van der Waals surface area contributed by atoms with E-state index in [0.29, 0.717) is 0 Å². The van der Waals surface area contributed by atoms with Gasteiger partial charge in [0.2, 0.25) is 0 Å². The molecule has 2 aliphatic heterocycles. The average molecular weight is 465 g/mol. The number of H-pyrrole nitrogens is 1. The van der Waals surface area contributed by atoms with Crippen molar-refractivity contribution in [3.63, 3.8) is 0 Å². The minimum atomic E-state index is -0.0804. The molecule has 5 heterocycles. The second-order valence-electron chi connectivity index (χ2n) is 9.46. The van der Waals surface area contributed by atoms with Crippen LogP contribution in [0.2, 0.25) is 0 Å². The highest BCUT2D eigenvalue weighted by atomic mass is 32.1. The lowest BCUT2D eigenvalue weighted by Crippen LogP contribution is -2.20. The lowest BCUT2D eigenvalue weighted by atomic mass is 9.97. The molecule has 5 nitrogen and oxygen atoms in total. The Labute approximate surface area is 201 Å². The van der Waals surface area contributed by atoms with Crippen LogP contribution in [0.25, 0.3) is 26.9 Å². The minimum absolute atomic E-state index is 0.0804. The number of carbonyl (C=O) groups excluding carboxylic acids is 1. The van der Waals surface area contributed by atoms with E-state index in [1.54, 1.807) is 18.3 Å². The second kappa shape index (κ2) is 7.32. The van der Waals surface area contributed by atoms with Crippen molar-refractivity contribution >= 4 is 39.3 Å². The Kier molecular flexibility index (Phi) is 4.32. The molecule has 3 aromatic heterocycles. The topological polar surface area (TPSA) is 70.1 Å². The summed E-state index contributed by atoms with van der Waals surface area (Å²) in [7, 11) is 0. The highest BCUT2D eigenvalue weighted by molar-refractivity contribution is 7.17. The molecule has 1 fully saturated rings. The first-order chi connectivity index (χ1) is 16.6. The number of hydrogen-bond donors (Lipinski definition) is 2. The van der Waals surface area contributed by atoms with Gasteiger partial charge in [0.05, 0.1) is 27.5 Å². The number of ketones is 1. The first-order valence-corrected chi connectivity index (χ1v) is 12.7. The maximum absolute atomic E-state index is 11.8. The number of Topliss-reactive ketones (excluding diaryl/α,β-unsaturated/α-hetero) is 1. The number of fused-ring (bicyclic) bond motifs is 3. The van der Waals surface area contributed by atoms with Gasteiger partial charge in [-0.15, -0.1) is 11.3 Å². The van der Waals surface area contributed by atoms with Crippen molar-refractivity contribution in [1.82, 2.24) is 15.3 Å². The standard InChI is InChI=1S/C28H24N4OS/c1-16(33)25-5-6-26(34-25)18-3-2-4-22-19(18)13-24(31-22)27-20-14-23(17-7-11-29-12-8-17)30-15-21(20)28(32-27)9-10-28/h2-7,13-15,29,31H,8-12H2,1H3. The molecule has 0 radical (unpaired) electrons. The second-order valence-corrected chi connectivity index (χ2v) is 10.5. The molecule has 0 saturated heterocycles. The predicted octanol–water partition coefficient (Wildman–Crippen LogP) is 5.71. The highest BCUT2D eigenvalue weighted by Gasteiger charge is 2.50. The number of thiophene rings is 1. The summed E-state index contributed by atoms with van der Waals surface area (Å²) in [4.78, 5) is 27.5. The van der Waals surface area contributed by atoms with E-state index < -0.39 is 0 Å². The summed E-state index contributed by atoms with van der Waals surface area (Å²) in [6, 6.07) is 14.8. The van der Waals surface area contributed by atoms with E-state index in [9.17, 15) is 4.79 Å². The van der Waals surface area contributed by atoms with E-state index in [1.807, 2.05) is 6.07 Å². The third-order valence-corrected chi connectivity index (χ3v) is 8.46. The Balaban J connectivity index is 1.35. The number of carbonyl (C=O) groups is 1. The number of pyridine rings is 1. The van der Waals surface area contributed by atoms with Crippen molar-refractivity contribution in [2.75, 3.05) is 13.1 Å². The first kappa shape index (κ1) is 20.1. The van der Waals surface area contributed by atoms with E-state index in [0.717, 1.165) is 75.7 Å². The molecule has 1 aromatic carbocycles. The monoisotopic (exact) mass is 464 g/mol. The van der Waals surface area contributed by atoms with Crippen molar-refractivity contribution in [2.45, 2.75) is 31.7 Å². The number of rotatable bonds is 4. The van der Waals surface area contributed by atoms with Gasteiger partial charge in [0, 0.05) is 45.2 Å². The zero-order valence-corrected chi connectivity index (χ0v) is 19.8. The number of aliphatic imine (C=N–C) groups is 1. The molecule has 34 heavy (non-hydrogen) atoms. The van der Waals surface area contributed by atoms with Gasteiger partial charge in [-0.05, 0) is 68.6 Å². The smallest absolute Gasteiger partial charge is 0.169 e. The molecular weight excluding hydrogens is 440 g/mol. The Morgan fingerprint density at radius 1 is 1.12 bits per heavy atom. The van der Waals surface area contributed by atoms with Crippen LogP contribution in [0.3, 0.4) is 0 Å². The van der Waals surface area contributed by atoms with Gasteiger partial charge >= 0.3 is 0 Å². The molecule has 0 unspecified atom stereocenters. The number of benzene rings is 1. The molecule has 1 aliphatic carbocycles. The van der Waals surface area contributed by atoms with Gasteiger partial charge < -0.3 is 10.3 Å². The number of hydrogen-bond acceptors (Lipinski definition) is 5.